The van der Waals surface area contributed by atoms with Gasteiger partial charge in [0.15, 0.2) is 11.3 Å². The number of nitrogens with one attached hydrogen (secondary N) is 2. The topological polar surface area (TPSA) is 80.6 Å². The molecule has 1 saturated heterocycles. The lowest BCUT2D eigenvalue weighted by Gasteiger charge is -2.27. The van der Waals surface area contributed by atoms with Crippen LogP contribution >= 0.6 is 24.0 Å². The second-order valence-electron chi connectivity index (χ2n) is 6.51. The van der Waals surface area contributed by atoms with Gasteiger partial charge < -0.3 is 14.5 Å². The standard InChI is InChI=1S/C19H18ClFN2O4S.ClH/c20-14-3-1-2-4-18(14)28(24,25)23-13-9-12-6-8-26-19(12)17(10-13)27-16-5-7-22-11-15(16)21;/h1-4,6,8-10,15-16,22-23H,5,7,11H2;1H. The van der Waals surface area contributed by atoms with E-state index in [-0.39, 0.29) is 40.3 Å². The van der Waals surface area contributed by atoms with E-state index in [0.717, 1.165) is 0 Å². The Morgan fingerprint density at radius 1 is 1.24 bits per heavy atom. The van der Waals surface area contributed by atoms with Gasteiger partial charge in [0.2, 0.25) is 0 Å². The van der Waals surface area contributed by atoms with Gasteiger partial charge in [-0.15, -0.1) is 12.4 Å². The Labute approximate surface area is 178 Å². The van der Waals surface area contributed by atoms with Crippen LogP contribution in [0.3, 0.4) is 0 Å². The van der Waals surface area contributed by atoms with Gasteiger partial charge in [-0.3, -0.25) is 4.72 Å². The van der Waals surface area contributed by atoms with E-state index in [1.54, 1.807) is 24.3 Å². The molecule has 0 aliphatic carbocycles. The molecule has 10 heteroatoms. The van der Waals surface area contributed by atoms with Crippen LogP contribution in [0.4, 0.5) is 10.1 Å². The summed E-state index contributed by atoms with van der Waals surface area (Å²) in [5.74, 6) is 0.286. The van der Waals surface area contributed by atoms with Crippen molar-refractivity contribution >= 4 is 50.7 Å². The third kappa shape index (κ3) is 4.61. The third-order valence-corrected chi connectivity index (χ3v) is 6.40. The van der Waals surface area contributed by atoms with E-state index in [1.807, 2.05) is 0 Å². The predicted octanol–water partition coefficient (Wildman–Crippen LogP) is 4.39. The van der Waals surface area contributed by atoms with Crippen LogP contribution in [0.1, 0.15) is 6.42 Å². The second kappa shape index (κ2) is 8.79. The number of ether oxygens (including phenoxy) is 1. The summed E-state index contributed by atoms with van der Waals surface area (Å²) in [5, 5.41) is 3.72. The highest BCUT2D eigenvalue weighted by Crippen LogP contribution is 2.34. The van der Waals surface area contributed by atoms with E-state index in [2.05, 4.69) is 10.0 Å². The highest BCUT2D eigenvalue weighted by molar-refractivity contribution is 7.92. The molecule has 2 atom stereocenters. The maximum atomic E-state index is 14.2. The molecule has 0 amide bonds. The van der Waals surface area contributed by atoms with Crippen molar-refractivity contribution in [3.8, 4) is 5.75 Å². The average Bonchev–Trinajstić information content (AvgIpc) is 3.12. The lowest BCUT2D eigenvalue weighted by atomic mass is 10.1. The van der Waals surface area contributed by atoms with E-state index in [4.69, 9.17) is 20.8 Å². The number of furan rings is 1. The van der Waals surface area contributed by atoms with Crippen molar-refractivity contribution in [2.75, 3.05) is 17.8 Å². The highest BCUT2D eigenvalue weighted by atomic mass is 35.5. The molecule has 29 heavy (non-hydrogen) atoms. The highest BCUT2D eigenvalue weighted by Gasteiger charge is 2.28. The third-order valence-electron chi connectivity index (χ3n) is 4.52. The number of hydrogen-bond acceptors (Lipinski definition) is 5. The van der Waals surface area contributed by atoms with E-state index in [0.29, 0.717) is 23.9 Å². The number of hydrogen-bond donors (Lipinski definition) is 2. The first-order valence-electron chi connectivity index (χ1n) is 8.74. The van der Waals surface area contributed by atoms with Crippen molar-refractivity contribution in [3.63, 3.8) is 0 Å². The Balaban J connectivity index is 0.00000240. The normalized spacial score (nSPS) is 19.5. The van der Waals surface area contributed by atoms with Crippen LogP contribution in [0.5, 0.6) is 5.75 Å². The Bertz CT molecular complexity index is 1110. The van der Waals surface area contributed by atoms with Crippen LogP contribution in [-0.2, 0) is 10.0 Å². The van der Waals surface area contributed by atoms with Crippen molar-refractivity contribution in [1.82, 2.24) is 5.32 Å². The summed E-state index contributed by atoms with van der Waals surface area (Å²) in [4.78, 5) is -0.0337. The summed E-state index contributed by atoms with van der Waals surface area (Å²) < 4.78 is 53.4. The molecule has 2 N–H and O–H groups in total. The molecule has 2 aromatic carbocycles. The van der Waals surface area contributed by atoms with Crippen molar-refractivity contribution in [2.24, 2.45) is 0 Å². The Kier molecular flexibility index (Phi) is 6.58. The quantitative estimate of drug-likeness (QED) is 0.589. The maximum Gasteiger partial charge on any atom is 0.263 e. The molecule has 0 saturated carbocycles. The number of piperidine rings is 1. The minimum atomic E-state index is -3.91. The fourth-order valence-corrected chi connectivity index (χ4v) is 4.72. The van der Waals surface area contributed by atoms with Gasteiger partial charge in [-0.1, -0.05) is 23.7 Å². The number of rotatable bonds is 5. The molecule has 1 aliphatic rings. The first-order chi connectivity index (χ1) is 13.4. The summed E-state index contributed by atoms with van der Waals surface area (Å²) in [6.07, 6.45) is 0.172. The van der Waals surface area contributed by atoms with Crippen molar-refractivity contribution in [1.29, 1.82) is 0 Å². The molecule has 1 aromatic heterocycles. The monoisotopic (exact) mass is 460 g/mol. The zero-order valence-electron chi connectivity index (χ0n) is 15.1. The van der Waals surface area contributed by atoms with Crippen molar-refractivity contribution in [3.05, 3.63) is 53.8 Å². The number of sulfonamides is 1. The predicted molar refractivity (Wildman–Crippen MR) is 113 cm³/mol. The molecule has 4 rings (SSSR count). The number of alkyl halides is 1. The van der Waals surface area contributed by atoms with Gasteiger partial charge in [0.1, 0.15) is 17.2 Å². The van der Waals surface area contributed by atoms with Crippen LogP contribution in [-0.4, -0.2) is 33.8 Å². The molecular formula is C19H19Cl2FN2O4S. The molecule has 6 nitrogen and oxygen atoms in total. The average molecular weight is 461 g/mol. The van der Waals surface area contributed by atoms with Crippen LogP contribution in [0.15, 0.2) is 58.0 Å². The zero-order valence-corrected chi connectivity index (χ0v) is 17.5. The van der Waals surface area contributed by atoms with Gasteiger partial charge in [-0.25, -0.2) is 12.8 Å². The summed E-state index contributed by atoms with van der Waals surface area (Å²) in [6.45, 7) is 0.857. The van der Waals surface area contributed by atoms with Gasteiger partial charge in [-0.2, -0.15) is 0 Å². The van der Waals surface area contributed by atoms with Crippen molar-refractivity contribution < 1.29 is 22.0 Å². The molecule has 2 unspecified atom stereocenters. The number of halogens is 3. The molecule has 0 spiro atoms. The second-order valence-corrected chi connectivity index (χ2v) is 8.57. The van der Waals surface area contributed by atoms with Gasteiger partial charge in [0.25, 0.3) is 10.0 Å². The summed E-state index contributed by atoms with van der Waals surface area (Å²) in [5.41, 5.74) is 0.708. The van der Waals surface area contributed by atoms with E-state index < -0.39 is 22.3 Å². The van der Waals surface area contributed by atoms with Gasteiger partial charge in [-0.05, 0) is 37.2 Å². The smallest absolute Gasteiger partial charge is 0.263 e. The van der Waals surface area contributed by atoms with Crippen molar-refractivity contribution in [2.45, 2.75) is 23.6 Å². The zero-order chi connectivity index (χ0) is 19.7. The first kappa shape index (κ1) is 21.7. The molecule has 0 radical (unpaired) electrons. The summed E-state index contributed by atoms with van der Waals surface area (Å²) in [6, 6.07) is 11.0. The van der Waals surface area contributed by atoms with E-state index >= 15 is 0 Å². The van der Waals surface area contributed by atoms with Gasteiger partial charge >= 0.3 is 0 Å². The fourth-order valence-electron chi connectivity index (χ4n) is 3.16. The van der Waals surface area contributed by atoms with E-state index in [9.17, 15) is 12.8 Å². The van der Waals surface area contributed by atoms with Crippen LogP contribution in [0.25, 0.3) is 11.0 Å². The molecule has 0 bridgehead atoms. The van der Waals surface area contributed by atoms with Crippen LogP contribution in [0, 0.1) is 0 Å². The SMILES string of the molecule is Cl.O=S(=O)(Nc1cc(OC2CCNCC2F)c2occc2c1)c1ccccc1Cl. The minimum Gasteiger partial charge on any atom is -0.483 e. The Hall–Kier alpha value is -2.00. The first-order valence-corrected chi connectivity index (χ1v) is 10.6. The van der Waals surface area contributed by atoms with Gasteiger partial charge in [0, 0.05) is 18.0 Å². The van der Waals surface area contributed by atoms with Crippen LogP contribution < -0.4 is 14.8 Å². The molecule has 1 aliphatic heterocycles. The van der Waals surface area contributed by atoms with E-state index in [1.165, 1.54) is 24.5 Å². The lowest BCUT2D eigenvalue weighted by Crippen LogP contribution is -2.44. The Morgan fingerprint density at radius 3 is 2.79 bits per heavy atom. The number of fused-ring (bicyclic) bond motifs is 1. The minimum absolute atomic E-state index is 0. The molecule has 3 aromatic rings. The molecule has 1 fully saturated rings. The van der Waals surface area contributed by atoms with Gasteiger partial charge in [0.05, 0.1) is 17.0 Å². The lowest BCUT2D eigenvalue weighted by molar-refractivity contribution is 0.0736. The van der Waals surface area contributed by atoms with Crippen LogP contribution in [0.2, 0.25) is 5.02 Å². The fraction of sp³-hybridized carbons (Fsp3) is 0.263. The molecule has 2 heterocycles. The largest absolute Gasteiger partial charge is 0.483 e. The summed E-state index contributed by atoms with van der Waals surface area (Å²) >= 11 is 6.02. The maximum absolute atomic E-state index is 14.2. The molecular weight excluding hydrogens is 442 g/mol. The summed E-state index contributed by atoms with van der Waals surface area (Å²) in [7, 11) is -3.91. The molecule has 156 valence electrons. The number of benzene rings is 2. The Morgan fingerprint density at radius 2 is 2.03 bits per heavy atom. The number of anilines is 1.